The van der Waals surface area contributed by atoms with Crippen LogP contribution in [-0.4, -0.2) is 35.5 Å². The Bertz CT molecular complexity index is 1070. The molecule has 0 saturated carbocycles. The van der Waals surface area contributed by atoms with Gasteiger partial charge in [-0.15, -0.1) is 0 Å². The Kier molecular flexibility index (Phi) is 7.32. The quantitative estimate of drug-likeness (QED) is 0.477. The van der Waals surface area contributed by atoms with E-state index in [1.54, 1.807) is 18.5 Å². The van der Waals surface area contributed by atoms with Gasteiger partial charge in [0.2, 0.25) is 0 Å². The first-order chi connectivity index (χ1) is 15.6. The third-order valence-electron chi connectivity index (χ3n) is 5.38. The first-order valence-corrected chi connectivity index (χ1v) is 11.5. The fraction of sp³-hybridized carbons (Fsp3) is 0.292. The Morgan fingerprint density at radius 2 is 1.94 bits per heavy atom. The van der Waals surface area contributed by atoms with Gasteiger partial charge < -0.3 is 15.5 Å². The van der Waals surface area contributed by atoms with Gasteiger partial charge >= 0.3 is 0 Å². The predicted molar refractivity (Wildman–Crippen MR) is 127 cm³/mol. The lowest BCUT2D eigenvalue weighted by Gasteiger charge is -2.21. The molecule has 0 atom stereocenters. The van der Waals surface area contributed by atoms with Gasteiger partial charge in [0, 0.05) is 38.6 Å². The van der Waals surface area contributed by atoms with Gasteiger partial charge in [0.15, 0.2) is 0 Å². The van der Waals surface area contributed by atoms with Crippen LogP contribution in [0.25, 0.3) is 0 Å². The average molecular weight is 498 g/mol. The molecule has 0 radical (unpaired) electrons. The lowest BCUT2D eigenvalue weighted by Crippen LogP contribution is -2.26. The van der Waals surface area contributed by atoms with Crippen LogP contribution >= 0.6 is 15.9 Å². The fourth-order valence-electron chi connectivity index (χ4n) is 3.74. The van der Waals surface area contributed by atoms with Crippen molar-refractivity contribution in [2.45, 2.75) is 25.8 Å². The molecule has 3 aromatic rings. The number of carbonyl (C=O) groups excluding carboxylic acids is 1. The maximum Gasteiger partial charge on any atom is 0.255 e. The third-order valence-corrected chi connectivity index (χ3v) is 5.96. The van der Waals surface area contributed by atoms with Crippen molar-refractivity contribution in [1.29, 1.82) is 0 Å². The van der Waals surface area contributed by atoms with Crippen molar-refractivity contribution >= 4 is 33.5 Å². The molecule has 2 N–H and O–H groups in total. The Labute approximate surface area is 195 Å². The fourth-order valence-corrected chi connectivity index (χ4v) is 4.30. The van der Waals surface area contributed by atoms with E-state index in [1.165, 1.54) is 12.1 Å². The number of amides is 1. The first-order valence-electron chi connectivity index (χ1n) is 10.7. The molecule has 0 bridgehead atoms. The monoisotopic (exact) mass is 497 g/mol. The average Bonchev–Trinajstić information content (AvgIpc) is 3.33. The minimum Gasteiger partial charge on any atom is -0.369 e. The predicted octanol–water partition coefficient (Wildman–Crippen LogP) is 4.56. The highest BCUT2D eigenvalue weighted by molar-refractivity contribution is 9.10. The van der Waals surface area contributed by atoms with Crippen LogP contribution in [0.2, 0.25) is 0 Å². The van der Waals surface area contributed by atoms with Crippen molar-refractivity contribution in [3.05, 3.63) is 81.8 Å². The maximum absolute atomic E-state index is 13.5. The van der Waals surface area contributed by atoms with E-state index in [-0.39, 0.29) is 11.7 Å². The van der Waals surface area contributed by atoms with E-state index in [1.807, 2.05) is 24.3 Å². The summed E-state index contributed by atoms with van der Waals surface area (Å²) in [4.78, 5) is 24.1. The van der Waals surface area contributed by atoms with E-state index in [0.717, 1.165) is 47.3 Å². The maximum atomic E-state index is 13.5. The van der Waals surface area contributed by atoms with Gasteiger partial charge in [0.1, 0.15) is 17.5 Å². The highest BCUT2D eigenvalue weighted by Gasteiger charge is 2.21. The molecule has 2 aromatic heterocycles. The Hall–Kier alpha value is -3.00. The van der Waals surface area contributed by atoms with Crippen LogP contribution in [0.1, 0.15) is 34.3 Å². The summed E-state index contributed by atoms with van der Waals surface area (Å²) < 4.78 is 14.3. The van der Waals surface area contributed by atoms with Gasteiger partial charge in [-0.3, -0.25) is 9.78 Å². The lowest BCUT2D eigenvalue weighted by atomic mass is 10.1. The van der Waals surface area contributed by atoms with Crippen molar-refractivity contribution in [2.24, 2.45) is 0 Å². The van der Waals surface area contributed by atoms with Gasteiger partial charge in [-0.05, 0) is 70.6 Å². The number of nitrogens with one attached hydrogen (secondary N) is 2. The zero-order chi connectivity index (χ0) is 22.3. The number of hydrogen-bond acceptors (Lipinski definition) is 5. The summed E-state index contributed by atoms with van der Waals surface area (Å²) in [7, 11) is 0. The van der Waals surface area contributed by atoms with Gasteiger partial charge in [-0.1, -0.05) is 18.2 Å². The topological polar surface area (TPSA) is 70.2 Å². The molecular formula is C24H25BrFN5O. The van der Waals surface area contributed by atoms with Crippen molar-refractivity contribution < 1.29 is 9.18 Å². The molecule has 1 saturated heterocycles. The normalized spacial score (nSPS) is 13.2. The molecule has 0 unspecified atom stereocenters. The second kappa shape index (κ2) is 10.5. The standard InChI is InChI=1S/C24H25BrFN5O/c25-21-14-20(24(32)29-16-18-6-4-9-27-15-18)22(30-23(21)31-11-1-2-12-31)28-10-8-17-5-3-7-19(26)13-17/h3-7,9,13-15H,1-2,8,10-12,16H2,(H,28,30)(H,29,32). The number of rotatable bonds is 8. The molecule has 1 aliphatic heterocycles. The van der Waals surface area contributed by atoms with Crippen LogP contribution in [0.4, 0.5) is 16.0 Å². The van der Waals surface area contributed by atoms with Crippen molar-refractivity contribution in [3.63, 3.8) is 0 Å². The highest BCUT2D eigenvalue weighted by atomic mass is 79.9. The molecule has 1 fully saturated rings. The number of anilines is 2. The Balaban J connectivity index is 1.52. The summed E-state index contributed by atoms with van der Waals surface area (Å²) in [5.41, 5.74) is 2.27. The van der Waals surface area contributed by atoms with E-state index >= 15 is 0 Å². The van der Waals surface area contributed by atoms with Crippen LogP contribution in [0.3, 0.4) is 0 Å². The third kappa shape index (κ3) is 5.62. The van der Waals surface area contributed by atoms with Crippen LogP contribution in [0, 0.1) is 5.82 Å². The molecule has 1 aromatic carbocycles. The van der Waals surface area contributed by atoms with Crippen LogP contribution in [-0.2, 0) is 13.0 Å². The molecule has 0 spiro atoms. The van der Waals surface area contributed by atoms with Crippen molar-refractivity contribution in [3.8, 4) is 0 Å². The second-order valence-corrected chi connectivity index (χ2v) is 8.59. The number of pyridine rings is 2. The van der Waals surface area contributed by atoms with Crippen molar-refractivity contribution in [1.82, 2.24) is 15.3 Å². The van der Waals surface area contributed by atoms with E-state index in [9.17, 15) is 9.18 Å². The highest BCUT2D eigenvalue weighted by Crippen LogP contribution is 2.31. The SMILES string of the molecule is O=C(NCc1cccnc1)c1cc(Br)c(N2CCCC2)nc1NCCc1cccc(F)c1. The molecule has 1 amide bonds. The van der Waals surface area contributed by atoms with Crippen LogP contribution in [0.15, 0.2) is 59.3 Å². The summed E-state index contributed by atoms with van der Waals surface area (Å²) in [5.74, 6) is 0.883. The number of aromatic nitrogens is 2. The van der Waals surface area contributed by atoms with Crippen molar-refractivity contribution in [2.75, 3.05) is 29.9 Å². The van der Waals surface area contributed by atoms with E-state index < -0.39 is 0 Å². The molecular weight excluding hydrogens is 473 g/mol. The minimum absolute atomic E-state index is 0.219. The molecule has 4 rings (SSSR count). The second-order valence-electron chi connectivity index (χ2n) is 7.73. The number of benzene rings is 1. The molecule has 3 heterocycles. The first kappa shape index (κ1) is 22.2. The number of nitrogens with zero attached hydrogens (tertiary/aromatic N) is 3. The van der Waals surface area contributed by atoms with E-state index in [2.05, 4.69) is 36.4 Å². The molecule has 32 heavy (non-hydrogen) atoms. The number of hydrogen-bond donors (Lipinski definition) is 2. The van der Waals surface area contributed by atoms with Gasteiger partial charge in [0.25, 0.3) is 5.91 Å². The minimum atomic E-state index is -0.254. The summed E-state index contributed by atoms with van der Waals surface area (Å²) in [6.07, 6.45) is 6.30. The lowest BCUT2D eigenvalue weighted by molar-refractivity contribution is 0.0951. The zero-order valence-electron chi connectivity index (χ0n) is 17.7. The molecule has 0 aliphatic carbocycles. The van der Waals surface area contributed by atoms with Gasteiger partial charge in [0.05, 0.1) is 10.0 Å². The summed E-state index contributed by atoms with van der Waals surface area (Å²) in [6, 6.07) is 12.1. The number of halogens is 2. The summed E-state index contributed by atoms with van der Waals surface area (Å²) >= 11 is 3.60. The number of carbonyl (C=O) groups is 1. The Morgan fingerprint density at radius 3 is 2.69 bits per heavy atom. The van der Waals surface area contributed by atoms with Gasteiger partial charge in [-0.25, -0.2) is 9.37 Å². The molecule has 8 heteroatoms. The smallest absolute Gasteiger partial charge is 0.255 e. The molecule has 166 valence electrons. The van der Waals surface area contributed by atoms with Crippen LogP contribution < -0.4 is 15.5 Å². The molecule has 1 aliphatic rings. The van der Waals surface area contributed by atoms with Gasteiger partial charge in [-0.2, -0.15) is 0 Å². The van der Waals surface area contributed by atoms with Crippen LogP contribution in [0.5, 0.6) is 0 Å². The zero-order valence-corrected chi connectivity index (χ0v) is 19.2. The summed E-state index contributed by atoms with van der Waals surface area (Å²) in [5, 5.41) is 6.24. The largest absolute Gasteiger partial charge is 0.369 e. The van der Waals surface area contributed by atoms with E-state index in [0.29, 0.717) is 30.9 Å². The Morgan fingerprint density at radius 1 is 1.12 bits per heavy atom. The summed E-state index contributed by atoms with van der Waals surface area (Å²) in [6.45, 7) is 2.79. The van der Waals surface area contributed by atoms with E-state index in [4.69, 9.17) is 4.98 Å². The molecule has 6 nitrogen and oxygen atoms in total.